The Morgan fingerprint density at radius 3 is 2.13 bits per heavy atom. The molecule has 0 unspecified atom stereocenters. The lowest BCUT2D eigenvalue weighted by Crippen LogP contribution is -2.38. The van der Waals surface area contributed by atoms with Gasteiger partial charge in [-0.1, -0.05) is 60.1 Å². The molecule has 0 fully saturated rings. The number of rotatable bonds is 10. The molecule has 0 saturated carbocycles. The van der Waals surface area contributed by atoms with E-state index in [0.29, 0.717) is 22.9 Å². The third kappa shape index (κ3) is 6.22. The van der Waals surface area contributed by atoms with Crippen molar-refractivity contribution in [2.75, 3.05) is 22.8 Å². The van der Waals surface area contributed by atoms with E-state index in [1.807, 2.05) is 6.92 Å². The lowest BCUT2D eigenvalue weighted by Gasteiger charge is -2.24. The van der Waals surface area contributed by atoms with Crippen LogP contribution in [-0.4, -0.2) is 33.3 Å². The van der Waals surface area contributed by atoms with E-state index in [9.17, 15) is 18.0 Å². The Morgan fingerprint density at radius 1 is 0.868 bits per heavy atom. The predicted molar refractivity (Wildman–Crippen MR) is 149 cm³/mol. The van der Waals surface area contributed by atoms with Gasteiger partial charge in [0.15, 0.2) is 5.78 Å². The van der Waals surface area contributed by atoms with E-state index in [2.05, 4.69) is 5.32 Å². The molecular formula is C29H25ClN2O5S. The largest absolute Gasteiger partial charge is 0.494 e. The summed E-state index contributed by atoms with van der Waals surface area (Å²) in [6, 6.07) is 27.4. The number of ether oxygens (including phenoxy) is 1. The first-order chi connectivity index (χ1) is 18.3. The summed E-state index contributed by atoms with van der Waals surface area (Å²) in [6.07, 6.45) is 0. The minimum atomic E-state index is -4.10. The summed E-state index contributed by atoms with van der Waals surface area (Å²) in [5.74, 6) is -0.394. The van der Waals surface area contributed by atoms with Crippen molar-refractivity contribution >= 4 is 44.7 Å². The summed E-state index contributed by atoms with van der Waals surface area (Å²) >= 11 is 6.15. The molecule has 4 aromatic rings. The van der Waals surface area contributed by atoms with Crippen molar-refractivity contribution in [3.05, 3.63) is 119 Å². The van der Waals surface area contributed by atoms with Gasteiger partial charge in [-0.05, 0) is 61.5 Å². The van der Waals surface area contributed by atoms with Gasteiger partial charge in [0, 0.05) is 16.1 Å². The van der Waals surface area contributed by atoms with Gasteiger partial charge in [-0.2, -0.15) is 0 Å². The second-order valence-electron chi connectivity index (χ2n) is 8.18. The molecule has 9 heteroatoms. The summed E-state index contributed by atoms with van der Waals surface area (Å²) in [5, 5.41) is 3.02. The molecule has 0 aromatic heterocycles. The van der Waals surface area contributed by atoms with Crippen LogP contribution in [0.4, 0.5) is 11.4 Å². The van der Waals surface area contributed by atoms with E-state index in [4.69, 9.17) is 16.3 Å². The molecule has 1 N–H and O–H groups in total. The van der Waals surface area contributed by atoms with Crippen LogP contribution in [0.1, 0.15) is 22.8 Å². The zero-order valence-electron chi connectivity index (χ0n) is 20.5. The predicted octanol–water partition coefficient (Wildman–Crippen LogP) is 5.80. The third-order valence-electron chi connectivity index (χ3n) is 5.59. The average Bonchev–Trinajstić information content (AvgIpc) is 2.94. The molecule has 7 nitrogen and oxygen atoms in total. The zero-order valence-corrected chi connectivity index (χ0v) is 22.1. The van der Waals surface area contributed by atoms with Gasteiger partial charge in [0.05, 0.1) is 22.9 Å². The number of anilines is 2. The first-order valence-corrected chi connectivity index (χ1v) is 13.6. The highest BCUT2D eigenvalue weighted by atomic mass is 35.5. The number of carbonyl (C=O) groups excluding carboxylic acids is 2. The molecule has 0 spiro atoms. The molecule has 0 saturated heterocycles. The quantitative estimate of drug-likeness (QED) is 0.253. The Balaban J connectivity index is 1.66. The molecule has 0 aliphatic rings. The lowest BCUT2D eigenvalue weighted by molar-refractivity contribution is -0.114. The van der Waals surface area contributed by atoms with E-state index in [1.165, 1.54) is 24.3 Å². The van der Waals surface area contributed by atoms with Crippen molar-refractivity contribution in [3.63, 3.8) is 0 Å². The van der Waals surface area contributed by atoms with Crippen LogP contribution in [0.15, 0.2) is 108 Å². The molecule has 0 bridgehead atoms. The number of halogens is 1. The van der Waals surface area contributed by atoms with E-state index in [-0.39, 0.29) is 27.6 Å². The van der Waals surface area contributed by atoms with E-state index < -0.39 is 22.5 Å². The van der Waals surface area contributed by atoms with Gasteiger partial charge < -0.3 is 10.1 Å². The number of nitrogens with one attached hydrogen (secondary N) is 1. The van der Waals surface area contributed by atoms with Gasteiger partial charge >= 0.3 is 0 Å². The second kappa shape index (κ2) is 11.9. The van der Waals surface area contributed by atoms with Crippen molar-refractivity contribution in [3.8, 4) is 5.75 Å². The second-order valence-corrected chi connectivity index (χ2v) is 10.5. The summed E-state index contributed by atoms with van der Waals surface area (Å²) in [4.78, 5) is 26.4. The highest BCUT2D eigenvalue weighted by molar-refractivity contribution is 7.92. The van der Waals surface area contributed by atoms with Gasteiger partial charge in [-0.25, -0.2) is 8.42 Å². The zero-order chi connectivity index (χ0) is 27.1. The van der Waals surface area contributed by atoms with Gasteiger partial charge in [-0.3, -0.25) is 13.9 Å². The Bertz CT molecular complexity index is 1530. The Labute approximate surface area is 226 Å². The summed E-state index contributed by atoms with van der Waals surface area (Å²) in [6.45, 7) is 1.77. The average molecular weight is 549 g/mol. The van der Waals surface area contributed by atoms with Crippen molar-refractivity contribution < 1.29 is 22.7 Å². The number of carbonyl (C=O) groups is 2. The molecule has 0 radical (unpaired) electrons. The number of hydrogen-bond acceptors (Lipinski definition) is 5. The fourth-order valence-electron chi connectivity index (χ4n) is 3.79. The molecular weight excluding hydrogens is 524 g/mol. The van der Waals surface area contributed by atoms with Crippen LogP contribution in [0.5, 0.6) is 5.75 Å². The molecule has 4 aromatic carbocycles. The Hall–Kier alpha value is -4.14. The van der Waals surface area contributed by atoms with Gasteiger partial charge in [0.2, 0.25) is 5.91 Å². The SMILES string of the molecule is CCOc1ccc(N(CC(=O)Nc2ccc(Cl)cc2C(=O)c2ccccc2)S(=O)(=O)c2ccccc2)cc1. The minimum Gasteiger partial charge on any atom is -0.494 e. The van der Waals surface area contributed by atoms with Crippen LogP contribution in [0.3, 0.4) is 0 Å². The fourth-order valence-corrected chi connectivity index (χ4v) is 5.40. The topological polar surface area (TPSA) is 92.8 Å². The van der Waals surface area contributed by atoms with E-state index >= 15 is 0 Å². The van der Waals surface area contributed by atoms with E-state index in [1.54, 1.807) is 78.9 Å². The van der Waals surface area contributed by atoms with Crippen molar-refractivity contribution in [2.45, 2.75) is 11.8 Å². The van der Waals surface area contributed by atoms with Crippen LogP contribution in [0.2, 0.25) is 5.02 Å². The molecule has 1 amide bonds. The Morgan fingerprint density at radius 2 is 1.50 bits per heavy atom. The normalized spacial score (nSPS) is 11.0. The number of benzene rings is 4. The van der Waals surface area contributed by atoms with Crippen LogP contribution in [0.25, 0.3) is 0 Å². The minimum absolute atomic E-state index is 0.0353. The highest BCUT2D eigenvalue weighted by Crippen LogP contribution is 2.27. The first-order valence-electron chi connectivity index (χ1n) is 11.8. The maximum Gasteiger partial charge on any atom is 0.264 e. The van der Waals surface area contributed by atoms with Crippen LogP contribution >= 0.6 is 11.6 Å². The van der Waals surface area contributed by atoms with Crippen molar-refractivity contribution in [1.82, 2.24) is 0 Å². The maximum absolute atomic E-state index is 13.6. The van der Waals surface area contributed by atoms with Gasteiger partial charge in [0.1, 0.15) is 12.3 Å². The van der Waals surface area contributed by atoms with Crippen molar-refractivity contribution in [2.24, 2.45) is 0 Å². The first kappa shape index (κ1) is 26.9. The number of amides is 1. The third-order valence-corrected chi connectivity index (χ3v) is 7.61. The van der Waals surface area contributed by atoms with Crippen molar-refractivity contribution in [1.29, 1.82) is 0 Å². The standard InChI is InChI=1S/C29H25ClN2O5S/c1-2-37-24-16-14-23(15-17-24)32(38(35,36)25-11-7-4-8-12-25)20-28(33)31-27-18-13-22(30)19-26(27)29(34)21-9-5-3-6-10-21/h3-19H,2,20H2,1H3,(H,31,33). The van der Waals surface area contributed by atoms with Gasteiger partial charge in [0.25, 0.3) is 10.0 Å². The molecule has 0 aliphatic heterocycles. The summed E-state index contributed by atoms with van der Waals surface area (Å²) < 4.78 is 33.6. The fraction of sp³-hybridized carbons (Fsp3) is 0.103. The monoisotopic (exact) mass is 548 g/mol. The summed E-state index contributed by atoms with van der Waals surface area (Å²) in [5.41, 5.74) is 1.12. The number of hydrogen-bond donors (Lipinski definition) is 1. The Kier molecular flexibility index (Phi) is 8.45. The molecule has 0 heterocycles. The molecule has 0 aliphatic carbocycles. The van der Waals surface area contributed by atoms with Gasteiger partial charge in [-0.15, -0.1) is 0 Å². The van der Waals surface area contributed by atoms with Crippen LogP contribution < -0.4 is 14.4 Å². The molecule has 38 heavy (non-hydrogen) atoms. The number of ketones is 1. The number of sulfonamides is 1. The van der Waals surface area contributed by atoms with E-state index in [0.717, 1.165) is 4.31 Å². The van der Waals surface area contributed by atoms with Crippen LogP contribution in [0, 0.1) is 0 Å². The number of nitrogens with zero attached hydrogens (tertiary/aromatic N) is 1. The highest BCUT2D eigenvalue weighted by Gasteiger charge is 2.28. The molecule has 4 rings (SSSR count). The maximum atomic E-state index is 13.6. The molecule has 194 valence electrons. The summed E-state index contributed by atoms with van der Waals surface area (Å²) in [7, 11) is -4.10. The molecule has 0 atom stereocenters. The smallest absolute Gasteiger partial charge is 0.264 e. The van der Waals surface area contributed by atoms with Crippen LogP contribution in [-0.2, 0) is 14.8 Å². The lowest BCUT2D eigenvalue weighted by atomic mass is 10.0.